The highest BCUT2D eigenvalue weighted by molar-refractivity contribution is 9.10. The van der Waals surface area contributed by atoms with Crippen LogP contribution in [0, 0.1) is 11.3 Å². The van der Waals surface area contributed by atoms with Crippen molar-refractivity contribution < 1.29 is 4.42 Å². The highest BCUT2D eigenvalue weighted by atomic mass is 79.9. The lowest BCUT2D eigenvalue weighted by Gasteiger charge is -2.00. The Morgan fingerprint density at radius 1 is 1.59 bits per heavy atom. The largest absolute Gasteiger partial charge is 0.441 e. The molecule has 0 unspecified atom stereocenters. The van der Waals surface area contributed by atoms with Gasteiger partial charge in [-0.1, -0.05) is 0 Å². The molecule has 0 fully saturated rings. The zero-order valence-electron chi connectivity index (χ0n) is 9.31. The molecule has 2 aromatic heterocycles. The van der Waals surface area contributed by atoms with Gasteiger partial charge in [-0.15, -0.1) is 0 Å². The van der Waals surface area contributed by atoms with E-state index in [-0.39, 0.29) is 5.76 Å². The van der Waals surface area contributed by atoms with Crippen LogP contribution < -0.4 is 0 Å². The Balaban J connectivity index is 2.64. The van der Waals surface area contributed by atoms with Gasteiger partial charge in [0.1, 0.15) is 17.3 Å². The topological polar surface area (TPSA) is 65.4 Å². The molecule has 2 aromatic rings. The predicted octanol–water partition coefficient (Wildman–Crippen LogP) is 2.68. The summed E-state index contributed by atoms with van der Waals surface area (Å²) in [7, 11) is 3.70. The number of aliphatic imine (C=N–C) groups is 1. The number of rotatable bonds is 2. The van der Waals surface area contributed by atoms with Crippen LogP contribution in [-0.4, -0.2) is 30.3 Å². The summed E-state index contributed by atoms with van der Waals surface area (Å²) in [5.41, 5.74) is 1.59. The van der Waals surface area contributed by atoms with E-state index in [4.69, 9.17) is 9.68 Å². The van der Waals surface area contributed by atoms with E-state index in [0.29, 0.717) is 16.8 Å². The lowest BCUT2D eigenvalue weighted by Crippen LogP contribution is -2.07. The fourth-order valence-corrected chi connectivity index (χ4v) is 1.62. The van der Waals surface area contributed by atoms with Gasteiger partial charge in [0.2, 0.25) is 5.76 Å². The fraction of sp³-hybridized carbons (Fsp3) is 0.182. The Hall–Kier alpha value is -1.87. The van der Waals surface area contributed by atoms with E-state index in [1.54, 1.807) is 23.5 Å². The third kappa shape index (κ3) is 2.29. The van der Waals surface area contributed by atoms with E-state index in [0.717, 1.165) is 4.47 Å². The van der Waals surface area contributed by atoms with Crippen LogP contribution in [0.3, 0.4) is 0 Å². The van der Waals surface area contributed by atoms with Crippen LogP contribution in [0.15, 0.2) is 26.1 Å². The van der Waals surface area contributed by atoms with Crippen molar-refractivity contribution in [1.82, 2.24) is 9.88 Å². The molecule has 0 atom stereocenters. The maximum Gasteiger partial charge on any atom is 0.232 e. The van der Waals surface area contributed by atoms with Gasteiger partial charge in [0, 0.05) is 24.8 Å². The van der Waals surface area contributed by atoms with Gasteiger partial charge in [-0.25, -0.2) is 9.98 Å². The summed E-state index contributed by atoms with van der Waals surface area (Å²) < 4.78 is 6.17. The summed E-state index contributed by atoms with van der Waals surface area (Å²) in [6.45, 7) is 0. The van der Waals surface area contributed by atoms with Gasteiger partial charge in [-0.05, 0) is 22.0 Å². The Kier molecular flexibility index (Phi) is 3.11. The molecule has 0 saturated carbocycles. The summed E-state index contributed by atoms with van der Waals surface area (Å²) in [6.07, 6.45) is 3.25. The molecule has 2 rings (SSSR count). The summed E-state index contributed by atoms with van der Waals surface area (Å²) >= 11 is 3.30. The molecule has 0 spiro atoms. The quantitative estimate of drug-likeness (QED) is 0.630. The predicted molar refractivity (Wildman–Crippen MR) is 68.3 cm³/mol. The number of furan rings is 1. The molecular weight excluding hydrogens is 284 g/mol. The number of fused-ring (bicyclic) bond motifs is 1. The first-order valence-electron chi connectivity index (χ1n) is 4.80. The molecule has 6 heteroatoms. The fourth-order valence-electron chi connectivity index (χ4n) is 1.31. The molecule has 2 heterocycles. The van der Waals surface area contributed by atoms with Crippen molar-refractivity contribution in [2.75, 3.05) is 14.1 Å². The monoisotopic (exact) mass is 292 g/mol. The lowest BCUT2D eigenvalue weighted by molar-refractivity contribution is 0.599. The normalized spacial score (nSPS) is 10.9. The lowest BCUT2D eigenvalue weighted by atomic mass is 10.3. The number of aromatic nitrogens is 1. The minimum Gasteiger partial charge on any atom is -0.441 e. The van der Waals surface area contributed by atoms with E-state index in [1.165, 1.54) is 0 Å². The Morgan fingerprint density at radius 3 is 3.00 bits per heavy atom. The minimum absolute atomic E-state index is 0.170. The van der Waals surface area contributed by atoms with Gasteiger partial charge >= 0.3 is 0 Å². The van der Waals surface area contributed by atoms with Crippen LogP contribution >= 0.6 is 15.9 Å². The number of hydrogen-bond donors (Lipinski definition) is 0. The van der Waals surface area contributed by atoms with Gasteiger partial charge in [0.25, 0.3) is 0 Å². The number of hydrogen-bond acceptors (Lipinski definition) is 4. The van der Waals surface area contributed by atoms with Crippen LogP contribution in [0.5, 0.6) is 0 Å². The van der Waals surface area contributed by atoms with Crippen molar-refractivity contribution >= 4 is 39.1 Å². The Bertz CT molecular complexity index is 624. The summed E-state index contributed by atoms with van der Waals surface area (Å²) in [4.78, 5) is 10.2. The Labute approximate surface area is 107 Å². The maximum absolute atomic E-state index is 8.98. The number of nitrogens with zero attached hydrogens (tertiary/aromatic N) is 4. The zero-order valence-corrected chi connectivity index (χ0v) is 10.9. The first-order valence-corrected chi connectivity index (χ1v) is 5.60. The van der Waals surface area contributed by atoms with E-state index in [1.807, 2.05) is 20.2 Å². The van der Waals surface area contributed by atoms with Crippen molar-refractivity contribution in [3.8, 4) is 6.07 Å². The summed E-state index contributed by atoms with van der Waals surface area (Å²) in [5, 5.41) is 8.98. The van der Waals surface area contributed by atoms with Crippen LogP contribution in [-0.2, 0) is 0 Å². The number of pyridine rings is 1. The molecule has 17 heavy (non-hydrogen) atoms. The van der Waals surface area contributed by atoms with Gasteiger partial charge < -0.3 is 9.32 Å². The smallest absolute Gasteiger partial charge is 0.232 e. The molecule has 0 aliphatic rings. The summed E-state index contributed by atoms with van der Waals surface area (Å²) in [5.74, 6) is 0.170. The minimum atomic E-state index is 0.170. The second-order valence-electron chi connectivity index (χ2n) is 3.60. The Morgan fingerprint density at radius 2 is 2.35 bits per heavy atom. The van der Waals surface area contributed by atoms with E-state index >= 15 is 0 Å². The second-order valence-corrected chi connectivity index (χ2v) is 4.52. The van der Waals surface area contributed by atoms with Gasteiger partial charge in [-0.3, -0.25) is 0 Å². The van der Waals surface area contributed by atoms with Crippen LogP contribution in [0.4, 0.5) is 5.69 Å². The van der Waals surface area contributed by atoms with Crippen LogP contribution in [0.25, 0.3) is 11.1 Å². The third-order valence-electron chi connectivity index (χ3n) is 1.99. The summed E-state index contributed by atoms with van der Waals surface area (Å²) in [6, 6.07) is 3.74. The average Bonchev–Trinajstić information content (AvgIpc) is 2.63. The molecule has 0 aliphatic carbocycles. The van der Waals surface area contributed by atoms with Crippen LogP contribution in [0.1, 0.15) is 5.76 Å². The van der Waals surface area contributed by atoms with Gasteiger partial charge in [0.05, 0.1) is 6.34 Å². The maximum atomic E-state index is 8.98. The number of nitriles is 1. The molecule has 0 aromatic carbocycles. The van der Waals surface area contributed by atoms with Crippen molar-refractivity contribution in [3.05, 3.63) is 22.5 Å². The molecule has 0 radical (unpaired) electrons. The molecule has 0 bridgehead atoms. The molecule has 86 valence electrons. The molecule has 0 saturated heterocycles. The van der Waals surface area contributed by atoms with E-state index in [2.05, 4.69) is 25.9 Å². The average molecular weight is 293 g/mol. The third-order valence-corrected chi connectivity index (χ3v) is 2.42. The van der Waals surface area contributed by atoms with Gasteiger partial charge in [0.15, 0.2) is 5.58 Å². The van der Waals surface area contributed by atoms with Crippen molar-refractivity contribution in [2.24, 2.45) is 4.99 Å². The molecule has 5 nitrogen and oxygen atoms in total. The molecule has 0 aliphatic heterocycles. The second kappa shape index (κ2) is 4.55. The van der Waals surface area contributed by atoms with Crippen molar-refractivity contribution in [2.45, 2.75) is 0 Å². The SMILES string of the molecule is CN(C)C=Nc1c(C#N)oc2cc(Br)cnc12. The van der Waals surface area contributed by atoms with Crippen molar-refractivity contribution in [1.29, 1.82) is 5.26 Å². The standard InChI is InChI=1S/C11H9BrN4O/c1-16(2)6-15-11-9(4-13)17-8-3-7(12)5-14-10(8)11/h3,5-6H,1-2H3. The van der Waals surface area contributed by atoms with E-state index in [9.17, 15) is 0 Å². The zero-order chi connectivity index (χ0) is 12.4. The van der Waals surface area contributed by atoms with Crippen LogP contribution in [0.2, 0.25) is 0 Å². The molecular formula is C11H9BrN4O. The van der Waals surface area contributed by atoms with E-state index < -0.39 is 0 Å². The first kappa shape index (κ1) is 11.6. The highest BCUT2D eigenvalue weighted by Crippen LogP contribution is 2.32. The van der Waals surface area contributed by atoms with Gasteiger partial charge in [-0.2, -0.15) is 5.26 Å². The molecule has 0 amide bonds. The first-order chi connectivity index (χ1) is 8.11. The highest BCUT2D eigenvalue weighted by Gasteiger charge is 2.14. The number of halogens is 1. The molecule has 0 N–H and O–H groups in total. The van der Waals surface area contributed by atoms with Crippen molar-refractivity contribution in [3.63, 3.8) is 0 Å².